The second kappa shape index (κ2) is 5.66. The third-order valence-electron chi connectivity index (χ3n) is 3.34. The fourth-order valence-electron chi connectivity index (χ4n) is 2.41. The van der Waals surface area contributed by atoms with Crippen LogP contribution in [-0.4, -0.2) is 22.7 Å². The van der Waals surface area contributed by atoms with Crippen LogP contribution in [0.1, 0.15) is 17.9 Å². The maximum absolute atomic E-state index is 9.11. The summed E-state index contributed by atoms with van der Waals surface area (Å²) in [6.07, 6.45) is 1.76. The molecule has 1 aromatic heterocycles. The van der Waals surface area contributed by atoms with E-state index in [1.54, 1.807) is 0 Å². The van der Waals surface area contributed by atoms with Crippen LogP contribution in [0, 0.1) is 11.3 Å². The minimum atomic E-state index is 0.486. The standard InChI is InChI=1S/C15H16N4O/c16-11-13-15-17-8-4-9-19(15)14(18-13)7-10-20-12-5-2-1-3-6-12/h1-3,5-6,17H,4,7-10H2. The maximum atomic E-state index is 9.11. The monoisotopic (exact) mass is 268 g/mol. The average Bonchev–Trinajstić information content (AvgIpc) is 2.87. The van der Waals surface area contributed by atoms with Crippen molar-refractivity contribution < 1.29 is 4.74 Å². The predicted octanol–water partition coefficient (Wildman–Crippen LogP) is 2.19. The van der Waals surface area contributed by atoms with Gasteiger partial charge < -0.3 is 14.6 Å². The molecule has 0 spiro atoms. The van der Waals surface area contributed by atoms with Crippen molar-refractivity contribution in [3.05, 3.63) is 41.9 Å². The van der Waals surface area contributed by atoms with Crippen LogP contribution in [0.5, 0.6) is 5.75 Å². The first kappa shape index (κ1) is 12.5. The molecule has 5 heteroatoms. The summed E-state index contributed by atoms with van der Waals surface area (Å²) in [6.45, 7) is 2.38. The molecule has 1 aromatic carbocycles. The number of hydrogen-bond acceptors (Lipinski definition) is 4. The summed E-state index contributed by atoms with van der Waals surface area (Å²) < 4.78 is 7.78. The van der Waals surface area contributed by atoms with Crippen LogP contribution < -0.4 is 10.1 Å². The van der Waals surface area contributed by atoms with Crippen molar-refractivity contribution in [3.63, 3.8) is 0 Å². The average molecular weight is 268 g/mol. The van der Waals surface area contributed by atoms with E-state index in [0.29, 0.717) is 18.7 Å². The Morgan fingerprint density at radius 2 is 2.20 bits per heavy atom. The van der Waals surface area contributed by atoms with E-state index in [1.165, 1.54) is 0 Å². The summed E-state index contributed by atoms with van der Waals surface area (Å²) in [5, 5.41) is 12.4. The summed E-state index contributed by atoms with van der Waals surface area (Å²) in [7, 11) is 0. The lowest BCUT2D eigenvalue weighted by atomic mass is 10.3. The zero-order valence-corrected chi connectivity index (χ0v) is 11.2. The highest BCUT2D eigenvalue weighted by Crippen LogP contribution is 2.22. The molecule has 2 aromatic rings. The van der Waals surface area contributed by atoms with Crippen LogP contribution >= 0.6 is 0 Å². The first-order valence-electron chi connectivity index (χ1n) is 6.79. The van der Waals surface area contributed by atoms with Crippen LogP contribution in [0.3, 0.4) is 0 Å². The Labute approximate surface area is 117 Å². The van der Waals surface area contributed by atoms with Gasteiger partial charge in [-0.1, -0.05) is 18.2 Å². The minimum absolute atomic E-state index is 0.486. The summed E-state index contributed by atoms with van der Waals surface area (Å²) in [5.74, 6) is 2.63. The largest absolute Gasteiger partial charge is 0.493 e. The number of nitrogens with one attached hydrogen (secondary N) is 1. The third kappa shape index (κ3) is 2.45. The number of nitrogens with zero attached hydrogens (tertiary/aromatic N) is 3. The first-order valence-corrected chi connectivity index (χ1v) is 6.79. The summed E-state index contributed by atoms with van der Waals surface area (Å²) in [4.78, 5) is 4.40. The molecule has 1 aliphatic rings. The molecular formula is C15H16N4O. The normalized spacial score (nSPS) is 13.2. The van der Waals surface area contributed by atoms with Crippen molar-refractivity contribution in [2.75, 3.05) is 18.5 Å². The van der Waals surface area contributed by atoms with E-state index in [-0.39, 0.29) is 0 Å². The van der Waals surface area contributed by atoms with Gasteiger partial charge in [0.1, 0.15) is 23.5 Å². The van der Waals surface area contributed by atoms with Gasteiger partial charge in [-0.3, -0.25) is 0 Å². The number of nitriles is 1. The number of aromatic nitrogens is 2. The minimum Gasteiger partial charge on any atom is -0.493 e. The Bertz CT molecular complexity index is 627. The fraction of sp³-hybridized carbons (Fsp3) is 0.333. The van der Waals surface area contributed by atoms with Crippen LogP contribution in [0.15, 0.2) is 30.3 Å². The molecule has 102 valence electrons. The van der Waals surface area contributed by atoms with E-state index in [0.717, 1.165) is 36.9 Å². The number of para-hydroxylation sites is 1. The molecule has 0 aliphatic carbocycles. The molecule has 0 saturated heterocycles. The van der Waals surface area contributed by atoms with Gasteiger partial charge >= 0.3 is 0 Å². The van der Waals surface area contributed by atoms with Gasteiger partial charge in [0.25, 0.3) is 0 Å². The number of benzene rings is 1. The molecule has 0 radical (unpaired) electrons. The number of fused-ring (bicyclic) bond motifs is 1. The van der Waals surface area contributed by atoms with Gasteiger partial charge in [-0.2, -0.15) is 5.26 Å². The van der Waals surface area contributed by atoms with Crippen LogP contribution in [0.4, 0.5) is 5.82 Å². The third-order valence-corrected chi connectivity index (χ3v) is 3.34. The van der Waals surface area contributed by atoms with Crippen molar-refractivity contribution in [1.82, 2.24) is 9.55 Å². The highest BCUT2D eigenvalue weighted by molar-refractivity contribution is 5.51. The van der Waals surface area contributed by atoms with Gasteiger partial charge in [0.05, 0.1) is 6.61 Å². The number of imidazole rings is 1. The van der Waals surface area contributed by atoms with Crippen molar-refractivity contribution in [1.29, 1.82) is 5.26 Å². The van der Waals surface area contributed by atoms with Gasteiger partial charge in [0.2, 0.25) is 0 Å². The number of hydrogen-bond donors (Lipinski definition) is 1. The van der Waals surface area contributed by atoms with Crippen LogP contribution in [-0.2, 0) is 13.0 Å². The van der Waals surface area contributed by atoms with Crippen LogP contribution in [0.2, 0.25) is 0 Å². The lowest BCUT2D eigenvalue weighted by Gasteiger charge is -2.18. The SMILES string of the molecule is N#Cc1nc(CCOc2ccccc2)n2c1NCCC2. The van der Waals surface area contributed by atoms with Crippen molar-refractivity contribution >= 4 is 5.82 Å². The van der Waals surface area contributed by atoms with E-state index in [9.17, 15) is 0 Å². The summed E-state index contributed by atoms with van der Waals surface area (Å²) >= 11 is 0. The predicted molar refractivity (Wildman–Crippen MR) is 75.7 cm³/mol. The highest BCUT2D eigenvalue weighted by Gasteiger charge is 2.19. The van der Waals surface area contributed by atoms with E-state index < -0.39 is 0 Å². The number of anilines is 1. The van der Waals surface area contributed by atoms with Crippen LogP contribution in [0.25, 0.3) is 0 Å². The summed E-state index contributed by atoms with van der Waals surface area (Å²) in [5.41, 5.74) is 0.486. The van der Waals surface area contributed by atoms with Gasteiger partial charge in [0, 0.05) is 19.5 Å². The molecule has 0 unspecified atom stereocenters. The molecule has 2 heterocycles. The van der Waals surface area contributed by atoms with Gasteiger partial charge in [-0.25, -0.2) is 4.98 Å². The van der Waals surface area contributed by atoms with Crippen molar-refractivity contribution in [2.45, 2.75) is 19.4 Å². The molecule has 0 amide bonds. The Morgan fingerprint density at radius 3 is 3.00 bits per heavy atom. The van der Waals surface area contributed by atoms with E-state index >= 15 is 0 Å². The molecule has 20 heavy (non-hydrogen) atoms. The Kier molecular flexibility index (Phi) is 3.55. The second-order valence-corrected chi connectivity index (χ2v) is 4.68. The number of rotatable bonds is 4. The van der Waals surface area contributed by atoms with Gasteiger partial charge in [-0.15, -0.1) is 0 Å². The van der Waals surface area contributed by atoms with Gasteiger partial charge in [0.15, 0.2) is 5.69 Å². The van der Waals surface area contributed by atoms with Crippen molar-refractivity contribution in [3.8, 4) is 11.8 Å². The molecule has 0 atom stereocenters. The highest BCUT2D eigenvalue weighted by atomic mass is 16.5. The lowest BCUT2D eigenvalue weighted by Crippen LogP contribution is -2.19. The van der Waals surface area contributed by atoms with E-state index in [1.807, 2.05) is 30.3 Å². The topological polar surface area (TPSA) is 62.9 Å². The Morgan fingerprint density at radius 1 is 1.35 bits per heavy atom. The van der Waals surface area contributed by atoms with E-state index in [4.69, 9.17) is 10.00 Å². The maximum Gasteiger partial charge on any atom is 0.183 e. The molecule has 1 N–H and O–H groups in total. The lowest BCUT2D eigenvalue weighted by molar-refractivity contribution is 0.316. The first-order chi connectivity index (χ1) is 9.88. The van der Waals surface area contributed by atoms with Crippen molar-refractivity contribution in [2.24, 2.45) is 0 Å². The molecule has 5 nitrogen and oxygen atoms in total. The molecular weight excluding hydrogens is 252 g/mol. The summed E-state index contributed by atoms with van der Waals surface area (Å²) in [6, 6.07) is 11.9. The molecule has 1 aliphatic heterocycles. The smallest absolute Gasteiger partial charge is 0.183 e. The molecule has 0 fully saturated rings. The zero-order chi connectivity index (χ0) is 13.8. The Balaban J connectivity index is 1.69. The Hall–Kier alpha value is -2.48. The number of ether oxygens (including phenoxy) is 1. The molecule has 0 saturated carbocycles. The zero-order valence-electron chi connectivity index (χ0n) is 11.2. The molecule has 0 bridgehead atoms. The van der Waals surface area contributed by atoms with E-state index in [2.05, 4.69) is 20.9 Å². The fourth-order valence-corrected chi connectivity index (χ4v) is 2.41. The quantitative estimate of drug-likeness (QED) is 0.923. The van der Waals surface area contributed by atoms with Gasteiger partial charge in [-0.05, 0) is 18.6 Å². The second-order valence-electron chi connectivity index (χ2n) is 4.68. The molecule has 3 rings (SSSR count).